The standard InChI is InChI=1S/C31H26N4O3S/c1-21-9-8-12-23(19-21)30(37)32-24-15-17-26(18-16-24)39-29(22-10-4-2-5-11-22)31(38)33-27-20-28(36)35(34-27)25-13-6-3-7-14-25/h2-19,29H,20H2,1H3,(H,32,37)(H,33,34,38). The van der Waals surface area contributed by atoms with Crippen molar-refractivity contribution in [3.05, 3.63) is 126 Å². The number of rotatable bonds is 7. The fourth-order valence-corrected chi connectivity index (χ4v) is 5.15. The lowest BCUT2D eigenvalue weighted by Gasteiger charge is -2.17. The summed E-state index contributed by atoms with van der Waals surface area (Å²) in [7, 11) is 0. The molecule has 1 aliphatic heterocycles. The molecule has 0 saturated heterocycles. The van der Waals surface area contributed by atoms with Gasteiger partial charge in [-0.1, -0.05) is 66.2 Å². The number of nitrogens with one attached hydrogen (secondary N) is 2. The van der Waals surface area contributed by atoms with E-state index in [0.29, 0.717) is 22.8 Å². The highest BCUT2D eigenvalue weighted by Gasteiger charge is 2.29. The molecular formula is C31H26N4O3S. The second kappa shape index (κ2) is 11.8. The average Bonchev–Trinajstić information content (AvgIpc) is 3.33. The molecule has 39 heavy (non-hydrogen) atoms. The Labute approximate surface area is 230 Å². The van der Waals surface area contributed by atoms with Crippen LogP contribution < -0.4 is 15.6 Å². The second-order valence-electron chi connectivity index (χ2n) is 9.01. The third-order valence-corrected chi connectivity index (χ3v) is 7.30. The topological polar surface area (TPSA) is 90.9 Å². The highest BCUT2D eigenvalue weighted by atomic mass is 32.2. The number of carbonyl (C=O) groups is 3. The summed E-state index contributed by atoms with van der Waals surface area (Å²) in [4.78, 5) is 39.4. The molecule has 5 rings (SSSR count). The van der Waals surface area contributed by atoms with Gasteiger partial charge in [0.1, 0.15) is 11.1 Å². The third kappa shape index (κ3) is 6.42. The van der Waals surface area contributed by atoms with Crippen LogP contribution in [0.5, 0.6) is 0 Å². The molecule has 0 aliphatic carbocycles. The molecule has 2 N–H and O–H groups in total. The number of hydrogen-bond donors (Lipinski definition) is 2. The van der Waals surface area contributed by atoms with Gasteiger partial charge in [0.25, 0.3) is 11.8 Å². The molecule has 8 heteroatoms. The second-order valence-corrected chi connectivity index (χ2v) is 10.2. The Morgan fingerprint density at radius 1 is 0.846 bits per heavy atom. The molecule has 0 fully saturated rings. The van der Waals surface area contributed by atoms with Gasteiger partial charge in [-0.25, -0.2) is 0 Å². The summed E-state index contributed by atoms with van der Waals surface area (Å²) < 4.78 is 0. The van der Waals surface area contributed by atoms with Crippen molar-refractivity contribution < 1.29 is 14.4 Å². The molecule has 1 atom stereocenters. The number of hydrogen-bond acceptors (Lipinski definition) is 5. The molecule has 7 nitrogen and oxygen atoms in total. The largest absolute Gasteiger partial charge is 0.322 e. The average molecular weight is 535 g/mol. The molecule has 0 aromatic heterocycles. The van der Waals surface area contributed by atoms with Crippen LogP contribution in [0, 0.1) is 6.92 Å². The van der Waals surface area contributed by atoms with Crippen LogP contribution in [0.25, 0.3) is 0 Å². The van der Waals surface area contributed by atoms with E-state index >= 15 is 0 Å². The van der Waals surface area contributed by atoms with Crippen molar-refractivity contribution in [2.24, 2.45) is 5.10 Å². The first-order valence-corrected chi connectivity index (χ1v) is 13.3. The van der Waals surface area contributed by atoms with E-state index in [1.54, 1.807) is 18.2 Å². The maximum atomic E-state index is 13.5. The molecule has 3 amide bonds. The minimum absolute atomic E-state index is 0.0160. The molecule has 1 aliphatic rings. The van der Waals surface area contributed by atoms with Crippen LogP contribution in [0.15, 0.2) is 119 Å². The minimum atomic E-state index is -0.581. The summed E-state index contributed by atoms with van der Waals surface area (Å²) in [6.07, 6.45) is 0.0160. The zero-order valence-electron chi connectivity index (χ0n) is 21.2. The summed E-state index contributed by atoms with van der Waals surface area (Å²) >= 11 is 1.38. The Hall–Kier alpha value is -4.69. The zero-order chi connectivity index (χ0) is 27.2. The van der Waals surface area contributed by atoms with Gasteiger partial charge in [-0.2, -0.15) is 10.1 Å². The molecule has 4 aromatic rings. The Kier molecular flexibility index (Phi) is 7.84. The van der Waals surface area contributed by atoms with E-state index in [4.69, 9.17) is 0 Å². The number of amides is 3. The summed E-state index contributed by atoms with van der Waals surface area (Å²) in [5.41, 5.74) is 3.73. The first-order chi connectivity index (χ1) is 19.0. The summed E-state index contributed by atoms with van der Waals surface area (Å²) in [6, 6.07) is 33.3. The normalized spacial score (nSPS) is 13.5. The summed E-state index contributed by atoms with van der Waals surface area (Å²) in [6.45, 7) is 1.94. The predicted molar refractivity (Wildman–Crippen MR) is 155 cm³/mol. The van der Waals surface area contributed by atoms with Crippen LogP contribution in [0.2, 0.25) is 0 Å². The molecule has 0 bridgehead atoms. The molecule has 194 valence electrons. The monoisotopic (exact) mass is 534 g/mol. The van der Waals surface area contributed by atoms with E-state index < -0.39 is 5.25 Å². The van der Waals surface area contributed by atoms with Gasteiger partial charge in [0.2, 0.25) is 5.91 Å². The van der Waals surface area contributed by atoms with Crippen molar-refractivity contribution in [3.63, 3.8) is 0 Å². The number of anilines is 2. The van der Waals surface area contributed by atoms with Gasteiger partial charge in [0, 0.05) is 16.1 Å². The number of thioether (sulfide) groups is 1. The van der Waals surface area contributed by atoms with Gasteiger partial charge in [-0.05, 0) is 61.0 Å². The Balaban J connectivity index is 1.29. The predicted octanol–water partition coefficient (Wildman–Crippen LogP) is 5.95. The van der Waals surface area contributed by atoms with E-state index in [1.807, 2.05) is 97.9 Å². The Bertz CT molecular complexity index is 1520. The molecular weight excluding hydrogens is 508 g/mol. The lowest BCUT2D eigenvalue weighted by atomic mass is 10.1. The van der Waals surface area contributed by atoms with Gasteiger partial charge in [-0.15, -0.1) is 11.8 Å². The highest BCUT2D eigenvalue weighted by molar-refractivity contribution is 8.00. The van der Waals surface area contributed by atoms with Crippen LogP contribution >= 0.6 is 11.8 Å². The fraction of sp³-hybridized carbons (Fsp3) is 0.0968. The van der Waals surface area contributed by atoms with E-state index in [0.717, 1.165) is 16.0 Å². The number of para-hydroxylation sites is 1. The van der Waals surface area contributed by atoms with Gasteiger partial charge in [0.05, 0.1) is 12.1 Å². The van der Waals surface area contributed by atoms with Crippen molar-refractivity contribution >= 4 is 46.7 Å². The Morgan fingerprint density at radius 2 is 1.54 bits per heavy atom. The number of amidine groups is 1. The maximum Gasteiger partial charge on any atom is 0.255 e. The lowest BCUT2D eigenvalue weighted by Crippen LogP contribution is -2.33. The maximum absolute atomic E-state index is 13.5. The van der Waals surface area contributed by atoms with Crippen LogP contribution in [0.4, 0.5) is 11.4 Å². The smallest absolute Gasteiger partial charge is 0.255 e. The van der Waals surface area contributed by atoms with Gasteiger partial charge in [-0.3, -0.25) is 14.4 Å². The van der Waals surface area contributed by atoms with Crippen molar-refractivity contribution in [2.45, 2.75) is 23.5 Å². The third-order valence-electron chi connectivity index (χ3n) is 6.03. The molecule has 4 aromatic carbocycles. The molecule has 0 spiro atoms. The van der Waals surface area contributed by atoms with E-state index in [2.05, 4.69) is 15.7 Å². The SMILES string of the molecule is Cc1cccc(C(=O)Nc2ccc(SC(C(=O)NC3=NN(c4ccccc4)C(=O)C3)c3ccccc3)cc2)c1. The number of aryl methyl sites for hydroxylation is 1. The molecule has 0 saturated carbocycles. The first kappa shape index (κ1) is 25.9. The van der Waals surface area contributed by atoms with Crippen LogP contribution in [-0.2, 0) is 9.59 Å². The van der Waals surface area contributed by atoms with E-state index in [9.17, 15) is 14.4 Å². The zero-order valence-corrected chi connectivity index (χ0v) is 22.0. The minimum Gasteiger partial charge on any atom is -0.322 e. The number of hydrazone groups is 1. The van der Waals surface area contributed by atoms with E-state index in [-0.39, 0.29) is 24.1 Å². The van der Waals surface area contributed by atoms with Gasteiger partial charge >= 0.3 is 0 Å². The summed E-state index contributed by atoms with van der Waals surface area (Å²) in [5.74, 6) is -0.352. The summed E-state index contributed by atoms with van der Waals surface area (Å²) in [5, 5.41) is 10.8. The number of benzene rings is 4. The van der Waals surface area contributed by atoms with Crippen LogP contribution in [0.1, 0.15) is 33.2 Å². The van der Waals surface area contributed by atoms with Crippen LogP contribution in [-0.4, -0.2) is 23.6 Å². The number of nitrogens with zero attached hydrogens (tertiary/aromatic N) is 2. The lowest BCUT2D eigenvalue weighted by molar-refractivity contribution is -0.119. The van der Waals surface area contributed by atoms with Crippen molar-refractivity contribution in [1.29, 1.82) is 0 Å². The molecule has 0 radical (unpaired) electrons. The number of carbonyl (C=O) groups excluding carboxylic acids is 3. The molecule has 1 unspecified atom stereocenters. The first-order valence-electron chi connectivity index (χ1n) is 12.4. The highest BCUT2D eigenvalue weighted by Crippen LogP contribution is 2.36. The van der Waals surface area contributed by atoms with E-state index in [1.165, 1.54) is 16.8 Å². The fourth-order valence-electron chi connectivity index (χ4n) is 4.12. The quantitative estimate of drug-likeness (QED) is 0.287. The van der Waals surface area contributed by atoms with Crippen molar-refractivity contribution in [3.8, 4) is 0 Å². The van der Waals surface area contributed by atoms with Crippen molar-refractivity contribution in [1.82, 2.24) is 5.32 Å². The molecule has 1 heterocycles. The Morgan fingerprint density at radius 3 is 2.23 bits per heavy atom. The van der Waals surface area contributed by atoms with Gasteiger partial charge < -0.3 is 10.6 Å². The van der Waals surface area contributed by atoms with Gasteiger partial charge in [0.15, 0.2) is 0 Å². The van der Waals surface area contributed by atoms with Crippen molar-refractivity contribution in [2.75, 3.05) is 10.3 Å². The van der Waals surface area contributed by atoms with Crippen LogP contribution in [0.3, 0.4) is 0 Å².